The predicted octanol–water partition coefficient (Wildman–Crippen LogP) is 2.82. The minimum Gasteiger partial charge on any atom is -0.502 e. The second kappa shape index (κ2) is 6.23. The van der Waals surface area contributed by atoms with Gasteiger partial charge in [0.15, 0.2) is 5.75 Å². The highest BCUT2D eigenvalue weighted by Gasteiger charge is 2.14. The molecule has 2 aromatic carbocycles. The van der Waals surface area contributed by atoms with E-state index in [2.05, 4.69) is 10.6 Å². The van der Waals surface area contributed by atoms with Crippen LogP contribution in [0, 0.1) is 21.4 Å². The summed E-state index contributed by atoms with van der Waals surface area (Å²) in [6, 6.07) is 11.0. The Hall–Kier alpha value is -3.60. The average Bonchev–Trinajstić information content (AvgIpc) is 2.49. The Labute approximate surface area is 124 Å². The van der Waals surface area contributed by atoms with E-state index in [1.165, 1.54) is 6.07 Å². The average molecular weight is 298 g/mol. The van der Waals surface area contributed by atoms with Crippen LogP contribution < -0.4 is 10.6 Å². The molecule has 0 atom stereocenters. The number of rotatable bonds is 3. The largest absolute Gasteiger partial charge is 0.502 e. The maximum Gasteiger partial charge on any atom is 0.323 e. The van der Waals surface area contributed by atoms with Crippen LogP contribution in [0.15, 0.2) is 42.5 Å². The molecule has 0 aliphatic heterocycles. The highest BCUT2D eigenvalue weighted by atomic mass is 16.6. The smallest absolute Gasteiger partial charge is 0.323 e. The minimum absolute atomic E-state index is 0.163. The summed E-state index contributed by atoms with van der Waals surface area (Å²) in [6.45, 7) is 0. The third-order valence-electron chi connectivity index (χ3n) is 2.70. The van der Waals surface area contributed by atoms with E-state index in [0.717, 1.165) is 12.1 Å². The van der Waals surface area contributed by atoms with Crippen molar-refractivity contribution in [3.8, 4) is 11.8 Å². The van der Waals surface area contributed by atoms with Gasteiger partial charge in [-0.3, -0.25) is 10.1 Å². The summed E-state index contributed by atoms with van der Waals surface area (Å²) in [5.74, 6) is -0.483. The Bertz CT molecular complexity index is 765. The number of nitro groups is 1. The summed E-state index contributed by atoms with van der Waals surface area (Å²) in [5, 5.41) is 33.6. The Morgan fingerprint density at radius 1 is 1.14 bits per heavy atom. The van der Waals surface area contributed by atoms with Crippen molar-refractivity contribution in [1.82, 2.24) is 0 Å². The van der Waals surface area contributed by atoms with E-state index in [9.17, 15) is 20.0 Å². The van der Waals surface area contributed by atoms with Crippen LogP contribution >= 0.6 is 0 Å². The van der Waals surface area contributed by atoms with Crippen molar-refractivity contribution in [3.63, 3.8) is 0 Å². The van der Waals surface area contributed by atoms with Gasteiger partial charge < -0.3 is 15.7 Å². The molecule has 0 saturated heterocycles. The fourth-order valence-corrected chi connectivity index (χ4v) is 1.67. The fourth-order valence-electron chi connectivity index (χ4n) is 1.67. The summed E-state index contributed by atoms with van der Waals surface area (Å²) in [6.07, 6.45) is 0. The molecule has 8 heteroatoms. The lowest BCUT2D eigenvalue weighted by atomic mass is 10.2. The monoisotopic (exact) mass is 298 g/mol. The number of nitriles is 1. The summed E-state index contributed by atoms with van der Waals surface area (Å²) >= 11 is 0. The third kappa shape index (κ3) is 3.49. The molecule has 0 unspecified atom stereocenters. The molecule has 2 rings (SSSR count). The number of carbonyl (C=O) groups excluding carboxylic acids is 1. The molecule has 0 radical (unpaired) electrons. The second-order valence-electron chi connectivity index (χ2n) is 4.23. The molecule has 0 heterocycles. The number of hydrogen-bond donors (Lipinski definition) is 3. The van der Waals surface area contributed by atoms with Crippen LogP contribution in [0.3, 0.4) is 0 Å². The van der Waals surface area contributed by atoms with Gasteiger partial charge in [0, 0.05) is 17.4 Å². The Morgan fingerprint density at radius 3 is 2.32 bits per heavy atom. The highest BCUT2D eigenvalue weighted by Crippen LogP contribution is 2.28. The highest BCUT2D eigenvalue weighted by molar-refractivity contribution is 6.00. The van der Waals surface area contributed by atoms with Crippen molar-refractivity contribution in [2.24, 2.45) is 0 Å². The van der Waals surface area contributed by atoms with Gasteiger partial charge in [0.25, 0.3) is 0 Å². The number of aromatic hydroxyl groups is 1. The minimum atomic E-state index is -0.751. The van der Waals surface area contributed by atoms with E-state index >= 15 is 0 Å². The molecule has 2 amide bonds. The molecule has 8 nitrogen and oxygen atoms in total. The van der Waals surface area contributed by atoms with Gasteiger partial charge in [0.05, 0.1) is 16.6 Å². The lowest BCUT2D eigenvalue weighted by molar-refractivity contribution is -0.385. The Morgan fingerprint density at radius 2 is 1.73 bits per heavy atom. The number of carbonyl (C=O) groups is 1. The van der Waals surface area contributed by atoms with E-state index in [-0.39, 0.29) is 5.69 Å². The molecule has 0 fully saturated rings. The van der Waals surface area contributed by atoms with Gasteiger partial charge in [0.2, 0.25) is 0 Å². The first-order valence-corrected chi connectivity index (χ1v) is 6.05. The van der Waals surface area contributed by atoms with Crippen molar-refractivity contribution >= 4 is 23.1 Å². The summed E-state index contributed by atoms with van der Waals surface area (Å²) in [7, 11) is 0. The lowest BCUT2D eigenvalue weighted by Crippen LogP contribution is -2.19. The van der Waals surface area contributed by atoms with Crippen molar-refractivity contribution in [3.05, 3.63) is 58.1 Å². The zero-order chi connectivity index (χ0) is 16.1. The molecule has 0 aliphatic carbocycles. The van der Waals surface area contributed by atoms with Crippen molar-refractivity contribution in [2.75, 3.05) is 10.6 Å². The number of urea groups is 1. The predicted molar refractivity (Wildman–Crippen MR) is 78.6 cm³/mol. The van der Waals surface area contributed by atoms with Crippen LogP contribution in [-0.4, -0.2) is 16.1 Å². The lowest BCUT2D eigenvalue weighted by Gasteiger charge is -2.08. The number of phenols is 1. The number of nitrogens with one attached hydrogen (secondary N) is 2. The first-order valence-electron chi connectivity index (χ1n) is 6.05. The van der Waals surface area contributed by atoms with E-state index in [0.29, 0.717) is 11.3 Å². The summed E-state index contributed by atoms with van der Waals surface area (Å²) < 4.78 is 0. The number of nitro benzene ring substituents is 1. The first-order chi connectivity index (χ1) is 10.5. The molecule has 0 saturated carbocycles. The number of nitrogens with zero attached hydrogens (tertiary/aromatic N) is 2. The molecule has 110 valence electrons. The number of phenolic OH excluding ortho intramolecular Hbond substituents is 1. The number of hydrogen-bond acceptors (Lipinski definition) is 5. The molecule has 0 aliphatic rings. The topological polar surface area (TPSA) is 128 Å². The van der Waals surface area contributed by atoms with Crippen molar-refractivity contribution in [2.45, 2.75) is 0 Å². The fraction of sp³-hybridized carbons (Fsp3) is 0. The van der Waals surface area contributed by atoms with Gasteiger partial charge >= 0.3 is 11.7 Å². The Balaban J connectivity index is 2.07. The summed E-state index contributed by atoms with van der Waals surface area (Å²) in [4.78, 5) is 21.7. The van der Waals surface area contributed by atoms with Gasteiger partial charge in [-0.2, -0.15) is 5.26 Å². The summed E-state index contributed by atoms with van der Waals surface area (Å²) in [5.41, 5.74) is 0.580. The molecular formula is C14H10N4O4. The first kappa shape index (κ1) is 14.8. The zero-order valence-electron chi connectivity index (χ0n) is 11.1. The van der Waals surface area contributed by atoms with E-state index in [1.54, 1.807) is 24.3 Å². The van der Waals surface area contributed by atoms with Crippen LogP contribution in [-0.2, 0) is 0 Å². The van der Waals surface area contributed by atoms with Gasteiger partial charge in [-0.05, 0) is 36.4 Å². The van der Waals surface area contributed by atoms with E-state index in [4.69, 9.17) is 5.26 Å². The quantitative estimate of drug-likeness (QED) is 0.456. The van der Waals surface area contributed by atoms with E-state index < -0.39 is 22.4 Å². The van der Waals surface area contributed by atoms with Crippen LogP contribution in [0.25, 0.3) is 0 Å². The maximum atomic E-state index is 11.8. The van der Waals surface area contributed by atoms with Gasteiger partial charge in [-0.25, -0.2) is 4.79 Å². The number of anilines is 2. The molecular weight excluding hydrogens is 288 g/mol. The molecule has 0 bridgehead atoms. The maximum absolute atomic E-state index is 11.8. The molecule has 2 aromatic rings. The van der Waals surface area contributed by atoms with Gasteiger partial charge in [0.1, 0.15) is 0 Å². The Kier molecular flexibility index (Phi) is 4.19. The zero-order valence-corrected chi connectivity index (χ0v) is 11.1. The molecule has 3 N–H and O–H groups in total. The van der Waals surface area contributed by atoms with Crippen LogP contribution in [0.5, 0.6) is 5.75 Å². The number of benzene rings is 2. The van der Waals surface area contributed by atoms with Crippen molar-refractivity contribution in [1.29, 1.82) is 5.26 Å². The standard InChI is InChI=1S/C14H10N4O4/c15-8-9-1-3-10(4-2-9)16-14(20)17-11-5-6-13(19)12(7-11)18(21)22/h1-7,19H,(H2,16,17,20). The van der Waals surface area contributed by atoms with Crippen LogP contribution in [0.1, 0.15) is 5.56 Å². The van der Waals surface area contributed by atoms with Crippen molar-refractivity contribution < 1.29 is 14.8 Å². The number of amides is 2. The normalized spacial score (nSPS) is 9.59. The third-order valence-corrected chi connectivity index (χ3v) is 2.70. The molecule has 22 heavy (non-hydrogen) atoms. The van der Waals surface area contributed by atoms with E-state index in [1.807, 2.05) is 6.07 Å². The van der Waals surface area contributed by atoms with Gasteiger partial charge in [-0.15, -0.1) is 0 Å². The second-order valence-corrected chi connectivity index (χ2v) is 4.23. The van der Waals surface area contributed by atoms with Crippen LogP contribution in [0.2, 0.25) is 0 Å². The van der Waals surface area contributed by atoms with Gasteiger partial charge in [-0.1, -0.05) is 0 Å². The van der Waals surface area contributed by atoms with Crippen LogP contribution in [0.4, 0.5) is 21.9 Å². The molecule has 0 aromatic heterocycles. The molecule has 0 spiro atoms. The SMILES string of the molecule is N#Cc1ccc(NC(=O)Nc2ccc(O)c([N+](=O)[O-])c2)cc1.